The molecule has 0 bridgehead atoms. The molecule has 0 aliphatic heterocycles. The highest BCUT2D eigenvalue weighted by Crippen LogP contribution is 2.23. The molecule has 0 amide bonds. The molecule has 5 heteroatoms. The Balaban J connectivity index is 2.03. The normalized spacial score (nSPS) is 12.2. The lowest BCUT2D eigenvalue weighted by atomic mass is 10.1. The van der Waals surface area contributed by atoms with Crippen molar-refractivity contribution in [3.05, 3.63) is 69.3 Å². The van der Waals surface area contributed by atoms with Gasteiger partial charge in [-0.25, -0.2) is 4.68 Å². The summed E-state index contributed by atoms with van der Waals surface area (Å²) in [6.45, 7) is 7.06. The summed E-state index contributed by atoms with van der Waals surface area (Å²) in [4.78, 5) is 6.76. The van der Waals surface area contributed by atoms with Crippen LogP contribution >= 0.6 is 23.1 Å². The Labute approximate surface area is 163 Å². The van der Waals surface area contributed by atoms with E-state index in [1.165, 1.54) is 16.0 Å². The lowest BCUT2D eigenvalue weighted by molar-refractivity contribution is 0.833. The molecule has 1 heterocycles. The van der Waals surface area contributed by atoms with Gasteiger partial charge in [-0.1, -0.05) is 24.3 Å². The minimum absolute atomic E-state index is 0.741. The number of rotatable bonds is 5. The first-order valence-electron chi connectivity index (χ1n) is 8.59. The van der Waals surface area contributed by atoms with Gasteiger partial charge in [0.2, 0.25) is 4.80 Å². The first kappa shape index (κ1) is 18.7. The van der Waals surface area contributed by atoms with E-state index in [1.807, 2.05) is 17.8 Å². The maximum absolute atomic E-state index is 4.74. The standard InChI is InChI=1S/C21H23N3S2/c1-5-22-21-24(23-13-17-7-10-19(25-4)11-8-17)20(14-26-21)18-9-6-15(2)16(3)12-18/h6-14H,5H2,1-4H3/b22-21?,23-13+. The summed E-state index contributed by atoms with van der Waals surface area (Å²) in [7, 11) is 0. The third-order valence-corrected chi connectivity index (χ3v) is 5.82. The average Bonchev–Trinajstić information content (AvgIpc) is 3.05. The van der Waals surface area contributed by atoms with Gasteiger partial charge in [0.15, 0.2) is 0 Å². The first-order valence-corrected chi connectivity index (χ1v) is 10.7. The van der Waals surface area contributed by atoms with Gasteiger partial charge in [0.1, 0.15) is 0 Å². The van der Waals surface area contributed by atoms with Crippen molar-refractivity contribution in [2.24, 2.45) is 10.1 Å². The van der Waals surface area contributed by atoms with Crippen LogP contribution in [0.15, 0.2) is 62.8 Å². The summed E-state index contributed by atoms with van der Waals surface area (Å²) in [6.07, 6.45) is 3.98. The molecule has 0 saturated carbocycles. The van der Waals surface area contributed by atoms with Crippen LogP contribution in [0.5, 0.6) is 0 Å². The molecule has 0 fully saturated rings. The second-order valence-electron chi connectivity index (χ2n) is 6.01. The summed E-state index contributed by atoms with van der Waals surface area (Å²) in [5.41, 5.74) is 5.89. The van der Waals surface area contributed by atoms with Crippen molar-refractivity contribution < 1.29 is 0 Å². The zero-order valence-electron chi connectivity index (χ0n) is 15.6. The quantitative estimate of drug-likeness (QED) is 0.432. The highest BCUT2D eigenvalue weighted by molar-refractivity contribution is 7.98. The molecule has 0 spiro atoms. The maximum atomic E-state index is 4.74. The summed E-state index contributed by atoms with van der Waals surface area (Å²) >= 11 is 3.37. The number of hydrogen-bond acceptors (Lipinski definition) is 4. The van der Waals surface area contributed by atoms with Crippen molar-refractivity contribution in [2.75, 3.05) is 12.8 Å². The molecule has 26 heavy (non-hydrogen) atoms. The zero-order chi connectivity index (χ0) is 18.5. The molecule has 1 aromatic heterocycles. The Kier molecular flexibility index (Phi) is 6.12. The van der Waals surface area contributed by atoms with E-state index < -0.39 is 0 Å². The van der Waals surface area contributed by atoms with E-state index in [0.29, 0.717) is 0 Å². The fourth-order valence-electron chi connectivity index (χ4n) is 2.57. The van der Waals surface area contributed by atoms with Crippen LogP contribution < -0.4 is 4.80 Å². The molecule has 0 unspecified atom stereocenters. The smallest absolute Gasteiger partial charge is 0.206 e. The number of aryl methyl sites for hydroxylation is 2. The van der Waals surface area contributed by atoms with Gasteiger partial charge >= 0.3 is 0 Å². The SMILES string of the molecule is CCN=c1scc(-c2ccc(C)c(C)c2)n1/N=C/c1ccc(SC)cc1. The van der Waals surface area contributed by atoms with Crippen molar-refractivity contribution >= 4 is 29.3 Å². The topological polar surface area (TPSA) is 29.6 Å². The zero-order valence-corrected chi connectivity index (χ0v) is 17.2. The van der Waals surface area contributed by atoms with Crippen LogP contribution in [0.1, 0.15) is 23.6 Å². The predicted molar refractivity (Wildman–Crippen MR) is 115 cm³/mol. The lowest BCUT2D eigenvalue weighted by Crippen LogP contribution is -2.12. The van der Waals surface area contributed by atoms with Crippen LogP contribution in [0.2, 0.25) is 0 Å². The summed E-state index contributed by atoms with van der Waals surface area (Å²) in [5.74, 6) is 0. The van der Waals surface area contributed by atoms with Gasteiger partial charge in [-0.3, -0.25) is 4.99 Å². The molecule has 0 radical (unpaired) electrons. The number of nitrogens with zero attached hydrogens (tertiary/aromatic N) is 3. The molecule has 0 saturated heterocycles. The van der Waals surface area contributed by atoms with E-state index in [4.69, 9.17) is 5.10 Å². The van der Waals surface area contributed by atoms with Crippen molar-refractivity contribution in [1.82, 2.24) is 4.68 Å². The lowest BCUT2D eigenvalue weighted by Gasteiger charge is -2.06. The van der Waals surface area contributed by atoms with E-state index >= 15 is 0 Å². The van der Waals surface area contributed by atoms with Crippen LogP contribution in [0.25, 0.3) is 11.3 Å². The van der Waals surface area contributed by atoms with Gasteiger partial charge in [-0.2, -0.15) is 5.10 Å². The van der Waals surface area contributed by atoms with E-state index in [-0.39, 0.29) is 0 Å². The van der Waals surface area contributed by atoms with E-state index in [2.05, 4.69) is 72.9 Å². The second kappa shape index (κ2) is 8.52. The number of hydrogen-bond donors (Lipinski definition) is 0. The molecular formula is C21H23N3S2. The average molecular weight is 382 g/mol. The Morgan fingerprint density at radius 2 is 1.85 bits per heavy atom. The molecule has 3 nitrogen and oxygen atoms in total. The number of aromatic nitrogens is 1. The third-order valence-electron chi connectivity index (χ3n) is 4.22. The van der Waals surface area contributed by atoms with Crippen molar-refractivity contribution in [3.8, 4) is 11.3 Å². The number of benzene rings is 2. The van der Waals surface area contributed by atoms with Crippen LogP contribution in [0.4, 0.5) is 0 Å². The summed E-state index contributed by atoms with van der Waals surface area (Å²) in [6, 6.07) is 14.9. The van der Waals surface area contributed by atoms with Gasteiger partial charge < -0.3 is 0 Å². The summed E-state index contributed by atoms with van der Waals surface area (Å²) in [5, 5.41) is 6.87. The molecule has 3 rings (SSSR count). The van der Waals surface area contributed by atoms with Crippen LogP contribution in [-0.4, -0.2) is 23.7 Å². The van der Waals surface area contributed by atoms with Gasteiger partial charge in [-0.05, 0) is 61.9 Å². The number of thiazole rings is 1. The first-order chi connectivity index (χ1) is 12.6. The molecule has 3 aromatic rings. The Bertz CT molecular complexity index is 979. The fraction of sp³-hybridized carbons (Fsp3) is 0.238. The molecule has 0 atom stereocenters. The van der Waals surface area contributed by atoms with E-state index in [1.54, 1.807) is 23.1 Å². The van der Waals surface area contributed by atoms with Crippen molar-refractivity contribution in [3.63, 3.8) is 0 Å². The molecule has 0 N–H and O–H groups in total. The second-order valence-corrected chi connectivity index (χ2v) is 7.72. The van der Waals surface area contributed by atoms with Gasteiger partial charge in [0, 0.05) is 22.4 Å². The molecule has 134 valence electrons. The molecular weight excluding hydrogens is 358 g/mol. The van der Waals surface area contributed by atoms with Gasteiger partial charge in [0.25, 0.3) is 0 Å². The Hall–Kier alpha value is -2.11. The van der Waals surface area contributed by atoms with E-state index in [9.17, 15) is 0 Å². The molecule has 0 aliphatic rings. The Morgan fingerprint density at radius 1 is 1.08 bits per heavy atom. The van der Waals surface area contributed by atoms with E-state index in [0.717, 1.165) is 28.2 Å². The predicted octanol–water partition coefficient (Wildman–Crippen LogP) is 5.36. The third kappa shape index (κ3) is 4.17. The van der Waals surface area contributed by atoms with Crippen LogP contribution in [0, 0.1) is 13.8 Å². The van der Waals surface area contributed by atoms with Gasteiger partial charge in [-0.15, -0.1) is 23.1 Å². The summed E-state index contributed by atoms with van der Waals surface area (Å²) < 4.78 is 1.95. The largest absolute Gasteiger partial charge is 0.258 e. The molecule has 2 aromatic carbocycles. The highest BCUT2D eigenvalue weighted by atomic mass is 32.2. The van der Waals surface area contributed by atoms with Crippen molar-refractivity contribution in [1.29, 1.82) is 0 Å². The maximum Gasteiger partial charge on any atom is 0.206 e. The monoisotopic (exact) mass is 381 g/mol. The Morgan fingerprint density at radius 3 is 2.50 bits per heavy atom. The van der Waals surface area contributed by atoms with Crippen LogP contribution in [0.3, 0.4) is 0 Å². The molecule has 0 aliphatic carbocycles. The van der Waals surface area contributed by atoms with Gasteiger partial charge in [0.05, 0.1) is 11.9 Å². The highest BCUT2D eigenvalue weighted by Gasteiger charge is 2.08. The van der Waals surface area contributed by atoms with Crippen molar-refractivity contribution in [2.45, 2.75) is 25.7 Å². The number of thioether (sulfide) groups is 1. The van der Waals surface area contributed by atoms with Crippen LogP contribution in [-0.2, 0) is 0 Å². The minimum Gasteiger partial charge on any atom is -0.258 e. The fourth-order valence-corrected chi connectivity index (χ4v) is 3.88. The minimum atomic E-state index is 0.741.